The highest BCUT2D eigenvalue weighted by molar-refractivity contribution is 7.10. The van der Waals surface area contributed by atoms with Crippen LogP contribution in [-0.2, 0) is 6.54 Å². The maximum Gasteiger partial charge on any atom is 0.406 e. The van der Waals surface area contributed by atoms with Gasteiger partial charge < -0.3 is 9.88 Å². The lowest BCUT2D eigenvalue weighted by Gasteiger charge is -2.10. The second kappa shape index (κ2) is 5.68. The molecule has 0 spiro atoms. The van der Waals surface area contributed by atoms with Crippen LogP contribution in [0, 0.1) is 6.92 Å². The van der Waals surface area contributed by atoms with E-state index in [9.17, 15) is 22.8 Å². The number of hydrogen-bond acceptors (Lipinski definition) is 4. The van der Waals surface area contributed by atoms with Gasteiger partial charge >= 0.3 is 6.18 Å². The number of carbonyl (C=O) groups excluding carboxylic acids is 1. The number of hydrogen-bond donors (Lipinski definition) is 1. The Labute approximate surface area is 121 Å². The van der Waals surface area contributed by atoms with Crippen LogP contribution >= 0.6 is 11.5 Å². The summed E-state index contributed by atoms with van der Waals surface area (Å²) in [5, 5.41) is 2.85. The minimum absolute atomic E-state index is 0.354. The molecule has 0 aliphatic carbocycles. The zero-order valence-corrected chi connectivity index (χ0v) is 11.6. The molecule has 1 N–H and O–H groups in total. The predicted molar refractivity (Wildman–Crippen MR) is 71.6 cm³/mol. The molecule has 0 saturated carbocycles. The smallest absolute Gasteiger partial charge is 0.312 e. The van der Waals surface area contributed by atoms with Crippen LogP contribution in [0.25, 0.3) is 0 Å². The van der Waals surface area contributed by atoms with E-state index < -0.39 is 24.2 Å². The first-order valence-electron chi connectivity index (χ1n) is 5.77. The van der Waals surface area contributed by atoms with Gasteiger partial charge in [-0.3, -0.25) is 9.59 Å². The van der Waals surface area contributed by atoms with Gasteiger partial charge in [-0.1, -0.05) is 0 Å². The Morgan fingerprint density at radius 1 is 1.48 bits per heavy atom. The van der Waals surface area contributed by atoms with Crippen LogP contribution in [0.1, 0.15) is 16.1 Å². The minimum Gasteiger partial charge on any atom is -0.312 e. The Kier molecular flexibility index (Phi) is 4.12. The fourth-order valence-corrected chi connectivity index (χ4v) is 2.29. The summed E-state index contributed by atoms with van der Waals surface area (Å²) in [7, 11) is 0. The van der Waals surface area contributed by atoms with Crippen LogP contribution in [0.4, 0.5) is 18.2 Å². The molecule has 2 aromatic rings. The van der Waals surface area contributed by atoms with Gasteiger partial charge in [-0.25, -0.2) is 0 Å². The van der Waals surface area contributed by atoms with E-state index in [0.29, 0.717) is 15.3 Å². The molecule has 0 radical (unpaired) electrons. The Morgan fingerprint density at radius 2 is 2.19 bits per heavy atom. The normalized spacial score (nSPS) is 11.4. The van der Waals surface area contributed by atoms with Crippen molar-refractivity contribution in [3.63, 3.8) is 0 Å². The van der Waals surface area contributed by atoms with Gasteiger partial charge in [0.15, 0.2) is 0 Å². The van der Waals surface area contributed by atoms with E-state index in [1.54, 1.807) is 13.0 Å². The minimum atomic E-state index is -4.53. The first-order valence-corrected chi connectivity index (χ1v) is 6.54. The van der Waals surface area contributed by atoms with E-state index in [2.05, 4.69) is 9.69 Å². The van der Waals surface area contributed by atoms with Gasteiger partial charge in [-0.15, -0.1) is 0 Å². The van der Waals surface area contributed by atoms with E-state index in [-0.39, 0.29) is 5.56 Å². The molecule has 5 nitrogen and oxygen atoms in total. The van der Waals surface area contributed by atoms with Crippen molar-refractivity contribution in [2.75, 3.05) is 5.32 Å². The van der Waals surface area contributed by atoms with Crippen LogP contribution in [0.15, 0.2) is 29.2 Å². The molecule has 0 aliphatic rings. The molecule has 2 heterocycles. The maximum absolute atomic E-state index is 12.3. The van der Waals surface area contributed by atoms with Gasteiger partial charge in [0, 0.05) is 6.20 Å². The van der Waals surface area contributed by atoms with Gasteiger partial charge in [-0.05, 0) is 36.7 Å². The summed E-state index contributed by atoms with van der Waals surface area (Å²) in [6, 6.07) is 4.00. The standard InChI is InChI=1S/C12H10F3N3O2S/c1-7-5-9(21-17-7)16-10(19)8-3-2-4-18(11(8)20)6-12(13,14)15/h2-5H,6H2,1H3,(H,16,19). The molecule has 2 aromatic heterocycles. The number of nitrogens with one attached hydrogen (secondary N) is 1. The average Bonchev–Trinajstić information content (AvgIpc) is 2.75. The number of amides is 1. The SMILES string of the molecule is Cc1cc(NC(=O)c2cccn(CC(F)(F)F)c2=O)sn1. The summed E-state index contributed by atoms with van der Waals surface area (Å²) in [4.78, 5) is 23.8. The number of nitrogens with zero attached hydrogens (tertiary/aromatic N) is 2. The van der Waals surface area contributed by atoms with E-state index in [1.807, 2.05) is 0 Å². The number of alkyl halides is 3. The van der Waals surface area contributed by atoms with Crippen molar-refractivity contribution in [1.82, 2.24) is 8.94 Å². The summed E-state index contributed by atoms with van der Waals surface area (Å²) < 4.78 is 41.4. The van der Waals surface area contributed by atoms with Crippen LogP contribution in [0.5, 0.6) is 0 Å². The van der Waals surface area contributed by atoms with Gasteiger partial charge in [0.2, 0.25) is 0 Å². The van der Waals surface area contributed by atoms with Crippen molar-refractivity contribution in [3.8, 4) is 0 Å². The van der Waals surface area contributed by atoms with Crippen LogP contribution in [0.3, 0.4) is 0 Å². The molecule has 1 amide bonds. The van der Waals surface area contributed by atoms with Crippen molar-refractivity contribution in [1.29, 1.82) is 0 Å². The third-order valence-electron chi connectivity index (χ3n) is 2.48. The number of rotatable bonds is 3. The summed E-state index contributed by atoms with van der Waals surface area (Å²) in [6.07, 6.45) is -3.54. The Balaban J connectivity index is 2.25. The van der Waals surface area contributed by atoms with Crippen LogP contribution < -0.4 is 10.9 Å². The zero-order valence-electron chi connectivity index (χ0n) is 10.8. The van der Waals surface area contributed by atoms with E-state index >= 15 is 0 Å². The second-order valence-corrected chi connectivity index (χ2v) is 5.06. The fraction of sp³-hybridized carbons (Fsp3) is 0.250. The molecule has 2 rings (SSSR count). The summed E-state index contributed by atoms with van der Waals surface area (Å²) in [5.41, 5.74) is -0.654. The number of carbonyl (C=O) groups is 1. The number of aromatic nitrogens is 2. The van der Waals surface area contributed by atoms with Gasteiger partial charge in [0.1, 0.15) is 17.1 Å². The van der Waals surface area contributed by atoms with Gasteiger partial charge in [0.25, 0.3) is 11.5 Å². The van der Waals surface area contributed by atoms with Gasteiger partial charge in [0.05, 0.1) is 5.69 Å². The maximum atomic E-state index is 12.3. The first kappa shape index (κ1) is 15.2. The second-order valence-electron chi connectivity index (χ2n) is 4.26. The highest BCUT2D eigenvalue weighted by Crippen LogP contribution is 2.17. The Morgan fingerprint density at radius 3 is 2.76 bits per heavy atom. The molecular formula is C12H10F3N3O2S. The van der Waals surface area contributed by atoms with Crippen molar-refractivity contribution >= 4 is 22.4 Å². The molecule has 21 heavy (non-hydrogen) atoms. The highest BCUT2D eigenvalue weighted by atomic mass is 32.1. The van der Waals surface area contributed by atoms with Crippen LogP contribution in [0.2, 0.25) is 0 Å². The third-order valence-corrected chi connectivity index (χ3v) is 3.28. The number of aryl methyl sites for hydroxylation is 1. The monoisotopic (exact) mass is 317 g/mol. The fourth-order valence-electron chi connectivity index (χ4n) is 1.63. The lowest BCUT2D eigenvalue weighted by Crippen LogP contribution is -2.32. The summed E-state index contributed by atoms with van der Waals surface area (Å²) >= 11 is 1.02. The quantitative estimate of drug-likeness (QED) is 0.945. The third kappa shape index (κ3) is 3.91. The van der Waals surface area contributed by atoms with E-state index in [4.69, 9.17) is 0 Å². The van der Waals surface area contributed by atoms with Crippen LogP contribution in [-0.4, -0.2) is 21.0 Å². The number of pyridine rings is 1. The molecule has 0 aromatic carbocycles. The summed E-state index contributed by atoms with van der Waals surface area (Å²) in [5.74, 6) is -0.764. The largest absolute Gasteiger partial charge is 0.406 e. The number of anilines is 1. The van der Waals surface area contributed by atoms with Crippen molar-refractivity contribution < 1.29 is 18.0 Å². The molecule has 0 aliphatic heterocycles. The molecule has 0 unspecified atom stereocenters. The highest BCUT2D eigenvalue weighted by Gasteiger charge is 2.29. The van der Waals surface area contributed by atoms with E-state index in [1.165, 1.54) is 12.1 Å². The topological polar surface area (TPSA) is 64.0 Å². The molecular weight excluding hydrogens is 307 g/mol. The average molecular weight is 317 g/mol. The lowest BCUT2D eigenvalue weighted by molar-refractivity contribution is -0.141. The molecule has 0 saturated heterocycles. The molecule has 0 bridgehead atoms. The van der Waals surface area contributed by atoms with Crippen molar-refractivity contribution in [2.45, 2.75) is 19.6 Å². The van der Waals surface area contributed by atoms with Crippen molar-refractivity contribution in [3.05, 3.63) is 46.0 Å². The molecule has 112 valence electrons. The number of halogens is 3. The van der Waals surface area contributed by atoms with E-state index in [0.717, 1.165) is 17.7 Å². The predicted octanol–water partition coefficient (Wildman–Crippen LogP) is 2.43. The molecule has 0 fully saturated rings. The first-order chi connectivity index (χ1) is 9.76. The zero-order chi connectivity index (χ0) is 15.6. The van der Waals surface area contributed by atoms with Crippen molar-refractivity contribution in [2.24, 2.45) is 0 Å². The molecule has 9 heteroatoms. The Bertz CT molecular complexity index is 721. The molecule has 0 atom stereocenters. The van der Waals surface area contributed by atoms with Gasteiger partial charge in [-0.2, -0.15) is 17.5 Å². The lowest BCUT2D eigenvalue weighted by atomic mass is 10.2. The summed E-state index contributed by atoms with van der Waals surface area (Å²) in [6.45, 7) is 0.289. The Hall–Kier alpha value is -2.16.